The Morgan fingerprint density at radius 3 is 2.80 bits per heavy atom. The molecular formula is C17H19N3O4S. The molecule has 4 rings (SSSR count). The Bertz CT molecular complexity index is 915. The molecule has 7 nitrogen and oxygen atoms in total. The Morgan fingerprint density at radius 1 is 1.32 bits per heavy atom. The third-order valence-electron chi connectivity index (χ3n) is 4.78. The van der Waals surface area contributed by atoms with E-state index in [4.69, 9.17) is 4.52 Å². The zero-order chi connectivity index (χ0) is 17.6. The van der Waals surface area contributed by atoms with E-state index in [9.17, 15) is 13.2 Å². The molecule has 8 heteroatoms. The number of hydrogen-bond acceptors (Lipinski definition) is 5. The van der Waals surface area contributed by atoms with Gasteiger partial charge in [-0.2, -0.15) is 0 Å². The number of aryl methyl sites for hydroxylation is 1. The van der Waals surface area contributed by atoms with Crippen LogP contribution in [0.15, 0.2) is 34.9 Å². The van der Waals surface area contributed by atoms with Gasteiger partial charge in [-0.15, -0.1) is 0 Å². The number of anilines is 1. The van der Waals surface area contributed by atoms with E-state index in [0.29, 0.717) is 18.0 Å². The number of rotatable bonds is 4. The number of aromatic nitrogens is 1. The standard InChI is InChI=1S/C17H19N3O4S/c1-12-8-14(18-24-12)9-17(21)19-10-15(11-19)25(22,23)20-7-6-13-4-2-3-5-16(13)20/h2-5,8,15H,6-7,9-11H2,1H3. The van der Waals surface area contributed by atoms with Crippen LogP contribution < -0.4 is 4.31 Å². The molecule has 2 aliphatic heterocycles. The largest absolute Gasteiger partial charge is 0.361 e. The maximum absolute atomic E-state index is 12.9. The number of carbonyl (C=O) groups is 1. The summed E-state index contributed by atoms with van der Waals surface area (Å²) in [5, 5.41) is 3.26. The van der Waals surface area contributed by atoms with E-state index in [2.05, 4.69) is 5.16 Å². The molecule has 2 aliphatic rings. The fourth-order valence-electron chi connectivity index (χ4n) is 3.35. The fourth-order valence-corrected chi connectivity index (χ4v) is 5.25. The number of hydrogen-bond donors (Lipinski definition) is 0. The normalized spacial score (nSPS) is 17.5. The quantitative estimate of drug-likeness (QED) is 0.815. The van der Waals surface area contributed by atoms with Gasteiger partial charge in [-0.05, 0) is 25.0 Å². The number of nitrogens with zero attached hydrogens (tertiary/aromatic N) is 3. The van der Waals surface area contributed by atoms with Crippen LogP contribution >= 0.6 is 0 Å². The Balaban J connectivity index is 1.41. The molecule has 1 amide bonds. The monoisotopic (exact) mass is 361 g/mol. The lowest BCUT2D eigenvalue weighted by Crippen LogP contribution is -2.60. The van der Waals surface area contributed by atoms with Crippen LogP contribution in [0.1, 0.15) is 17.0 Å². The maximum atomic E-state index is 12.9. The van der Waals surface area contributed by atoms with E-state index >= 15 is 0 Å². The lowest BCUT2D eigenvalue weighted by atomic mass is 10.1. The average Bonchev–Trinajstić information content (AvgIpc) is 3.11. The molecule has 1 saturated heterocycles. The maximum Gasteiger partial charge on any atom is 0.241 e. The fraction of sp³-hybridized carbons (Fsp3) is 0.412. The summed E-state index contributed by atoms with van der Waals surface area (Å²) < 4.78 is 32.2. The SMILES string of the molecule is Cc1cc(CC(=O)N2CC(S(=O)(=O)N3CCc4ccccc43)C2)no1. The highest BCUT2D eigenvalue weighted by molar-refractivity contribution is 7.93. The van der Waals surface area contributed by atoms with Crippen LogP contribution in [0.3, 0.4) is 0 Å². The molecule has 0 saturated carbocycles. The van der Waals surface area contributed by atoms with E-state index in [1.165, 1.54) is 4.31 Å². The summed E-state index contributed by atoms with van der Waals surface area (Å²) in [4.78, 5) is 13.8. The molecule has 1 aromatic heterocycles. The topological polar surface area (TPSA) is 83.7 Å². The summed E-state index contributed by atoms with van der Waals surface area (Å²) >= 11 is 0. The second-order valence-electron chi connectivity index (χ2n) is 6.52. The molecule has 1 aromatic carbocycles. The highest BCUT2D eigenvalue weighted by Gasteiger charge is 2.44. The van der Waals surface area contributed by atoms with Gasteiger partial charge in [0.2, 0.25) is 15.9 Å². The van der Waals surface area contributed by atoms with Gasteiger partial charge in [-0.25, -0.2) is 8.42 Å². The first-order valence-corrected chi connectivity index (χ1v) is 9.75. The lowest BCUT2D eigenvalue weighted by molar-refractivity contribution is -0.133. The highest BCUT2D eigenvalue weighted by atomic mass is 32.2. The summed E-state index contributed by atoms with van der Waals surface area (Å²) in [7, 11) is -3.45. The molecule has 0 unspecified atom stereocenters. The zero-order valence-corrected chi connectivity index (χ0v) is 14.7. The molecule has 132 valence electrons. The van der Waals surface area contributed by atoms with Gasteiger partial charge in [-0.3, -0.25) is 9.10 Å². The number of benzene rings is 1. The van der Waals surface area contributed by atoms with Crippen molar-refractivity contribution < 1.29 is 17.7 Å². The minimum Gasteiger partial charge on any atom is -0.361 e. The summed E-state index contributed by atoms with van der Waals surface area (Å²) in [6.45, 7) is 2.71. The van der Waals surface area contributed by atoms with Gasteiger partial charge >= 0.3 is 0 Å². The van der Waals surface area contributed by atoms with Gasteiger partial charge < -0.3 is 9.42 Å². The smallest absolute Gasteiger partial charge is 0.241 e. The molecule has 1 fully saturated rings. The number of fused-ring (bicyclic) bond motifs is 1. The number of likely N-dealkylation sites (tertiary alicyclic amines) is 1. The molecule has 3 heterocycles. The number of para-hydroxylation sites is 1. The molecular weight excluding hydrogens is 342 g/mol. The van der Waals surface area contributed by atoms with Crippen LogP contribution in [-0.4, -0.2) is 49.3 Å². The Labute approximate surface area is 146 Å². The molecule has 0 spiro atoms. The second-order valence-corrected chi connectivity index (χ2v) is 8.66. The predicted octanol–water partition coefficient (Wildman–Crippen LogP) is 1.13. The van der Waals surface area contributed by atoms with Crippen LogP contribution in [0.4, 0.5) is 5.69 Å². The number of amides is 1. The molecule has 0 aliphatic carbocycles. The third kappa shape index (κ3) is 2.80. The van der Waals surface area contributed by atoms with Gasteiger partial charge in [0.15, 0.2) is 0 Å². The van der Waals surface area contributed by atoms with Crippen LogP contribution in [0.5, 0.6) is 0 Å². The molecule has 0 radical (unpaired) electrons. The Morgan fingerprint density at radius 2 is 2.08 bits per heavy atom. The van der Waals surface area contributed by atoms with E-state index in [1.807, 2.05) is 24.3 Å². The lowest BCUT2D eigenvalue weighted by Gasteiger charge is -2.40. The summed E-state index contributed by atoms with van der Waals surface area (Å²) in [6, 6.07) is 9.29. The molecule has 25 heavy (non-hydrogen) atoms. The van der Waals surface area contributed by atoms with Gasteiger partial charge in [0, 0.05) is 25.7 Å². The first kappa shape index (κ1) is 16.1. The molecule has 0 N–H and O–H groups in total. The Kier molecular flexibility index (Phi) is 3.79. The first-order valence-electron chi connectivity index (χ1n) is 8.24. The van der Waals surface area contributed by atoms with Crippen molar-refractivity contribution in [2.24, 2.45) is 0 Å². The average molecular weight is 361 g/mol. The zero-order valence-electron chi connectivity index (χ0n) is 13.9. The summed E-state index contributed by atoms with van der Waals surface area (Å²) in [5.41, 5.74) is 2.40. The van der Waals surface area contributed by atoms with Crippen molar-refractivity contribution >= 4 is 21.6 Å². The van der Waals surface area contributed by atoms with E-state index in [1.54, 1.807) is 17.9 Å². The molecule has 0 bridgehead atoms. The summed E-state index contributed by atoms with van der Waals surface area (Å²) in [6.07, 6.45) is 0.868. The van der Waals surface area contributed by atoms with Gasteiger partial charge in [0.1, 0.15) is 11.0 Å². The van der Waals surface area contributed by atoms with Gasteiger partial charge in [-0.1, -0.05) is 23.4 Å². The van der Waals surface area contributed by atoms with Crippen LogP contribution in [0.25, 0.3) is 0 Å². The van der Waals surface area contributed by atoms with Crippen LogP contribution in [-0.2, 0) is 27.7 Å². The van der Waals surface area contributed by atoms with Crippen molar-refractivity contribution in [3.8, 4) is 0 Å². The van der Waals surface area contributed by atoms with Crippen LogP contribution in [0, 0.1) is 6.92 Å². The molecule has 0 atom stereocenters. The minimum atomic E-state index is -3.45. The van der Waals surface area contributed by atoms with Crippen LogP contribution in [0.2, 0.25) is 0 Å². The van der Waals surface area contributed by atoms with Crippen molar-refractivity contribution in [1.82, 2.24) is 10.1 Å². The third-order valence-corrected chi connectivity index (χ3v) is 6.92. The van der Waals surface area contributed by atoms with Gasteiger partial charge in [0.25, 0.3) is 0 Å². The number of sulfonamides is 1. The minimum absolute atomic E-state index is 0.124. The van der Waals surface area contributed by atoms with Crippen molar-refractivity contribution in [3.63, 3.8) is 0 Å². The number of carbonyl (C=O) groups excluding carboxylic acids is 1. The van der Waals surface area contributed by atoms with Gasteiger partial charge in [0.05, 0.1) is 17.8 Å². The predicted molar refractivity (Wildman–Crippen MR) is 91.7 cm³/mol. The first-order chi connectivity index (χ1) is 11.9. The van der Waals surface area contributed by atoms with E-state index < -0.39 is 15.3 Å². The van der Waals surface area contributed by atoms with E-state index in [0.717, 1.165) is 17.7 Å². The van der Waals surface area contributed by atoms with Crippen molar-refractivity contribution in [3.05, 3.63) is 47.3 Å². The Hall–Kier alpha value is -2.35. The molecule has 2 aromatic rings. The summed E-state index contributed by atoms with van der Waals surface area (Å²) in [5.74, 6) is 0.529. The van der Waals surface area contributed by atoms with Crippen molar-refractivity contribution in [1.29, 1.82) is 0 Å². The second kappa shape index (κ2) is 5.87. The highest BCUT2D eigenvalue weighted by Crippen LogP contribution is 2.33. The van der Waals surface area contributed by atoms with E-state index in [-0.39, 0.29) is 25.4 Å². The van der Waals surface area contributed by atoms with Crippen molar-refractivity contribution in [2.75, 3.05) is 23.9 Å². The van der Waals surface area contributed by atoms with Crippen molar-refractivity contribution in [2.45, 2.75) is 25.0 Å².